The summed E-state index contributed by atoms with van der Waals surface area (Å²) in [5.41, 5.74) is 1.16. The first-order chi connectivity index (χ1) is 10.6. The van der Waals surface area contributed by atoms with Gasteiger partial charge in [0.25, 0.3) is 5.91 Å². The molecule has 0 fully saturated rings. The molecule has 0 bridgehead atoms. The van der Waals surface area contributed by atoms with Crippen molar-refractivity contribution in [2.24, 2.45) is 0 Å². The molecule has 1 aromatic heterocycles. The number of para-hydroxylation sites is 1. The third-order valence-corrected chi connectivity index (χ3v) is 3.51. The van der Waals surface area contributed by atoms with Crippen molar-refractivity contribution in [2.45, 2.75) is 13.0 Å². The first kappa shape index (κ1) is 16.0. The smallest absolute Gasteiger partial charge is 0.278 e. The van der Waals surface area contributed by atoms with Crippen LogP contribution in [0.25, 0.3) is 5.69 Å². The number of methoxy groups -OCH3 is 2. The number of rotatable bonds is 6. The third kappa shape index (κ3) is 3.28. The van der Waals surface area contributed by atoms with Crippen LogP contribution in [0.5, 0.6) is 5.75 Å². The van der Waals surface area contributed by atoms with Gasteiger partial charge in [0.05, 0.1) is 31.6 Å². The summed E-state index contributed by atoms with van der Waals surface area (Å²) in [5.74, 6) is 0.251. The molecule has 2 aromatic rings. The molecule has 1 atom stereocenters. The minimum Gasteiger partial charge on any atom is -0.493 e. The molecule has 0 N–H and O–H groups in total. The molecular formula is C16H21N3O3. The molecule has 1 aromatic carbocycles. The van der Waals surface area contributed by atoms with Crippen molar-refractivity contribution in [1.82, 2.24) is 14.7 Å². The standard InChI is InChI=1S/C16H21N3O3/c1-12(11-21-3)18(2)16(20)15-14(22-4)10-19(17-15)13-8-6-5-7-9-13/h5-10,12H,11H2,1-4H3. The molecule has 1 amide bonds. The van der Waals surface area contributed by atoms with Crippen LogP contribution in [0.15, 0.2) is 36.5 Å². The Hall–Kier alpha value is -2.34. The second-order valence-electron chi connectivity index (χ2n) is 5.05. The Kier molecular flexibility index (Phi) is 5.16. The molecule has 0 aliphatic carbocycles. The number of ether oxygens (including phenoxy) is 2. The monoisotopic (exact) mass is 303 g/mol. The van der Waals surface area contributed by atoms with E-state index in [1.165, 1.54) is 7.11 Å². The number of hydrogen-bond donors (Lipinski definition) is 0. The van der Waals surface area contributed by atoms with Gasteiger partial charge in [-0.1, -0.05) is 18.2 Å². The lowest BCUT2D eigenvalue weighted by Gasteiger charge is -2.23. The zero-order valence-electron chi connectivity index (χ0n) is 13.3. The van der Waals surface area contributed by atoms with Gasteiger partial charge in [-0.2, -0.15) is 5.10 Å². The van der Waals surface area contributed by atoms with Crippen LogP contribution in [-0.2, 0) is 4.74 Å². The predicted octanol–water partition coefficient (Wildman–Crippen LogP) is 1.99. The van der Waals surface area contributed by atoms with E-state index in [4.69, 9.17) is 9.47 Å². The van der Waals surface area contributed by atoms with Gasteiger partial charge in [-0.05, 0) is 19.1 Å². The van der Waals surface area contributed by atoms with Gasteiger partial charge in [0.15, 0.2) is 11.4 Å². The molecule has 1 unspecified atom stereocenters. The number of hydrogen-bond acceptors (Lipinski definition) is 4. The van der Waals surface area contributed by atoms with Crippen molar-refractivity contribution in [3.63, 3.8) is 0 Å². The average Bonchev–Trinajstić information content (AvgIpc) is 2.98. The van der Waals surface area contributed by atoms with Crippen molar-refractivity contribution in [2.75, 3.05) is 27.9 Å². The van der Waals surface area contributed by atoms with E-state index in [9.17, 15) is 4.79 Å². The molecule has 6 heteroatoms. The summed E-state index contributed by atoms with van der Waals surface area (Å²) in [6.45, 7) is 2.38. The van der Waals surface area contributed by atoms with E-state index < -0.39 is 0 Å². The Morgan fingerprint density at radius 3 is 2.59 bits per heavy atom. The van der Waals surface area contributed by atoms with Gasteiger partial charge in [-0.15, -0.1) is 0 Å². The summed E-state index contributed by atoms with van der Waals surface area (Å²) in [5, 5.41) is 4.37. The van der Waals surface area contributed by atoms with Gasteiger partial charge in [0, 0.05) is 14.2 Å². The molecule has 22 heavy (non-hydrogen) atoms. The SMILES string of the molecule is COCC(C)N(C)C(=O)c1nn(-c2ccccc2)cc1OC. The fourth-order valence-corrected chi connectivity index (χ4v) is 2.09. The Bertz CT molecular complexity index is 625. The molecule has 0 radical (unpaired) electrons. The summed E-state index contributed by atoms with van der Waals surface area (Å²) in [6, 6.07) is 9.53. The number of carbonyl (C=O) groups excluding carboxylic acids is 1. The molecule has 0 aliphatic rings. The maximum Gasteiger partial charge on any atom is 0.278 e. The third-order valence-electron chi connectivity index (χ3n) is 3.51. The molecule has 118 valence electrons. The highest BCUT2D eigenvalue weighted by molar-refractivity contribution is 5.95. The largest absolute Gasteiger partial charge is 0.493 e. The summed E-state index contributed by atoms with van der Waals surface area (Å²) in [7, 11) is 4.87. The highest BCUT2D eigenvalue weighted by Gasteiger charge is 2.24. The lowest BCUT2D eigenvalue weighted by molar-refractivity contribution is 0.0624. The highest BCUT2D eigenvalue weighted by Crippen LogP contribution is 2.21. The Morgan fingerprint density at radius 2 is 2.00 bits per heavy atom. The molecule has 0 spiro atoms. The highest BCUT2D eigenvalue weighted by atomic mass is 16.5. The van der Waals surface area contributed by atoms with Gasteiger partial charge in [-0.3, -0.25) is 4.79 Å². The number of aromatic nitrogens is 2. The molecule has 1 heterocycles. The summed E-state index contributed by atoms with van der Waals surface area (Å²) in [4.78, 5) is 14.2. The van der Waals surface area contributed by atoms with Crippen LogP contribution in [0, 0.1) is 0 Å². The number of amides is 1. The van der Waals surface area contributed by atoms with Gasteiger partial charge in [-0.25, -0.2) is 4.68 Å². The molecule has 6 nitrogen and oxygen atoms in total. The number of likely N-dealkylation sites (N-methyl/N-ethyl adjacent to an activating group) is 1. The molecular weight excluding hydrogens is 282 g/mol. The maximum absolute atomic E-state index is 12.6. The lowest BCUT2D eigenvalue weighted by atomic mass is 10.2. The van der Waals surface area contributed by atoms with Crippen molar-refractivity contribution in [1.29, 1.82) is 0 Å². The summed E-state index contributed by atoms with van der Waals surface area (Å²) in [6.07, 6.45) is 1.71. The first-order valence-electron chi connectivity index (χ1n) is 7.03. The average molecular weight is 303 g/mol. The van der Waals surface area contributed by atoms with Crippen LogP contribution >= 0.6 is 0 Å². The van der Waals surface area contributed by atoms with Crippen LogP contribution in [0.3, 0.4) is 0 Å². The molecule has 0 aliphatic heterocycles. The van der Waals surface area contributed by atoms with Crippen LogP contribution in [0.1, 0.15) is 17.4 Å². The van der Waals surface area contributed by atoms with E-state index >= 15 is 0 Å². The van der Waals surface area contributed by atoms with Gasteiger partial charge >= 0.3 is 0 Å². The lowest BCUT2D eigenvalue weighted by Crippen LogP contribution is -2.38. The summed E-state index contributed by atoms with van der Waals surface area (Å²) < 4.78 is 12.0. The minimum atomic E-state index is -0.198. The van der Waals surface area contributed by atoms with Crippen molar-refractivity contribution in [3.05, 3.63) is 42.2 Å². The van der Waals surface area contributed by atoms with Crippen LogP contribution in [0.4, 0.5) is 0 Å². The first-order valence-corrected chi connectivity index (χ1v) is 7.03. The minimum absolute atomic E-state index is 0.0518. The quantitative estimate of drug-likeness (QED) is 0.819. The van der Waals surface area contributed by atoms with E-state index in [2.05, 4.69) is 5.10 Å². The van der Waals surface area contributed by atoms with E-state index in [1.54, 1.807) is 29.9 Å². The van der Waals surface area contributed by atoms with E-state index in [-0.39, 0.29) is 17.6 Å². The number of carbonyl (C=O) groups is 1. The van der Waals surface area contributed by atoms with Gasteiger partial charge < -0.3 is 14.4 Å². The Labute approximate surface area is 130 Å². The predicted molar refractivity (Wildman–Crippen MR) is 83.5 cm³/mol. The van der Waals surface area contributed by atoms with Crippen LogP contribution in [0.2, 0.25) is 0 Å². The zero-order valence-corrected chi connectivity index (χ0v) is 13.3. The maximum atomic E-state index is 12.6. The fraction of sp³-hybridized carbons (Fsp3) is 0.375. The Morgan fingerprint density at radius 1 is 1.32 bits per heavy atom. The van der Waals surface area contributed by atoms with E-state index in [0.717, 1.165) is 5.69 Å². The second kappa shape index (κ2) is 7.09. The van der Waals surface area contributed by atoms with Crippen molar-refractivity contribution in [3.8, 4) is 11.4 Å². The zero-order chi connectivity index (χ0) is 16.1. The van der Waals surface area contributed by atoms with Crippen LogP contribution < -0.4 is 4.74 Å². The van der Waals surface area contributed by atoms with E-state index in [1.807, 2.05) is 37.3 Å². The Balaban J connectivity index is 2.31. The molecule has 2 rings (SSSR count). The van der Waals surface area contributed by atoms with Crippen molar-refractivity contribution < 1.29 is 14.3 Å². The molecule has 0 saturated carbocycles. The summed E-state index contributed by atoms with van der Waals surface area (Å²) >= 11 is 0. The van der Waals surface area contributed by atoms with Gasteiger partial charge in [0.1, 0.15) is 0 Å². The second-order valence-corrected chi connectivity index (χ2v) is 5.05. The fourth-order valence-electron chi connectivity index (χ4n) is 2.09. The number of benzene rings is 1. The number of nitrogens with zero attached hydrogens (tertiary/aromatic N) is 3. The van der Waals surface area contributed by atoms with Crippen LogP contribution in [-0.4, -0.2) is 54.5 Å². The molecule has 0 saturated heterocycles. The van der Waals surface area contributed by atoms with Crippen molar-refractivity contribution >= 4 is 5.91 Å². The topological polar surface area (TPSA) is 56.6 Å². The normalized spacial score (nSPS) is 12.0. The van der Waals surface area contributed by atoms with Gasteiger partial charge in [0.2, 0.25) is 0 Å². The van der Waals surface area contributed by atoms with E-state index in [0.29, 0.717) is 12.4 Å².